The molecule has 0 aliphatic carbocycles. The van der Waals surface area contributed by atoms with E-state index in [0.717, 1.165) is 64.2 Å². The highest BCUT2D eigenvalue weighted by atomic mass is 35.5. The quantitative estimate of drug-likeness (QED) is 0.635. The van der Waals surface area contributed by atoms with Crippen molar-refractivity contribution < 1.29 is 9.53 Å². The van der Waals surface area contributed by atoms with Crippen molar-refractivity contribution in [1.29, 1.82) is 0 Å². The molecule has 1 aromatic heterocycles. The van der Waals surface area contributed by atoms with Gasteiger partial charge in [-0.3, -0.25) is 4.79 Å². The molecule has 2 aliphatic heterocycles. The minimum atomic E-state index is -0.255. The van der Waals surface area contributed by atoms with Crippen LogP contribution >= 0.6 is 23.2 Å². The molecule has 8 heteroatoms. The molecule has 0 bridgehead atoms. The minimum Gasteiger partial charge on any atom is -0.384 e. The van der Waals surface area contributed by atoms with Crippen LogP contribution in [0.3, 0.4) is 0 Å². The second kappa shape index (κ2) is 10.6. The molecule has 166 valence electrons. The van der Waals surface area contributed by atoms with E-state index in [2.05, 4.69) is 20.5 Å². The normalized spacial score (nSPS) is 18.6. The van der Waals surface area contributed by atoms with Gasteiger partial charge in [-0.05, 0) is 75.0 Å². The van der Waals surface area contributed by atoms with Crippen molar-refractivity contribution in [2.24, 2.45) is 5.92 Å². The maximum absolute atomic E-state index is 12.8. The number of nitrogens with one attached hydrogen (secondary N) is 2. The molecule has 2 fully saturated rings. The standard InChI is InChI=1S/C23H28Cl2N4O2/c24-17-1-3-21(20(13-17)23(30)28-22-4-2-18(25)15-27-22)26-14-16-5-9-29(10-6-16)19-7-11-31-12-8-19/h1-4,13,15-16,19,26H,5-12,14H2,(H,27,28,30). The first kappa shape index (κ1) is 22.3. The number of anilines is 2. The number of ether oxygens (including phenoxy) is 1. The first-order chi connectivity index (χ1) is 15.1. The molecule has 4 rings (SSSR count). The number of aromatic nitrogens is 1. The zero-order valence-electron chi connectivity index (χ0n) is 17.4. The van der Waals surface area contributed by atoms with Crippen LogP contribution < -0.4 is 10.6 Å². The Bertz CT molecular complexity index is 880. The number of amides is 1. The Morgan fingerprint density at radius 3 is 2.52 bits per heavy atom. The van der Waals surface area contributed by atoms with E-state index in [4.69, 9.17) is 27.9 Å². The SMILES string of the molecule is O=C(Nc1ccc(Cl)cn1)c1cc(Cl)ccc1NCC1CCN(C2CCOCC2)CC1. The number of nitrogens with zero attached hydrogens (tertiary/aromatic N) is 2. The van der Waals surface area contributed by atoms with E-state index >= 15 is 0 Å². The van der Waals surface area contributed by atoms with Crippen LogP contribution in [-0.4, -0.2) is 54.7 Å². The Balaban J connectivity index is 1.33. The molecule has 2 saturated heterocycles. The number of rotatable bonds is 6. The molecule has 0 spiro atoms. The molecule has 0 unspecified atom stereocenters. The molecule has 2 aliphatic rings. The van der Waals surface area contributed by atoms with Gasteiger partial charge >= 0.3 is 0 Å². The van der Waals surface area contributed by atoms with E-state index in [1.54, 1.807) is 24.3 Å². The fourth-order valence-corrected chi connectivity index (χ4v) is 4.60. The third kappa shape index (κ3) is 6.10. The molecule has 31 heavy (non-hydrogen) atoms. The van der Waals surface area contributed by atoms with Crippen LogP contribution in [0, 0.1) is 5.92 Å². The van der Waals surface area contributed by atoms with Crippen molar-refractivity contribution in [3.8, 4) is 0 Å². The Labute approximate surface area is 193 Å². The van der Waals surface area contributed by atoms with Crippen molar-refractivity contribution in [3.63, 3.8) is 0 Å². The Morgan fingerprint density at radius 2 is 1.81 bits per heavy atom. The van der Waals surface area contributed by atoms with Gasteiger partial charge in [-0.15, -0.1) is 0 Å². The van der Waals surface area contributed by atoms with Crippen LogP contribution in [0.25, 0.3) is 0 Å². The maximum Gasteiger partial charge on any atom is 0.258 e. The lowest BCUT2D eigenvalue weighted by molar-refractivity contribution is 0.0219. The Kier molecular flexibility index (Phi) is 7.67. The number of pyridine rings is 1. The van der Waals surface area contributed by atoms with Gasteiger partial charge in [0.1, 0.15) is 5.82 Å². The summed E-state index contributed by atoms with van der Waals surface area (Å²) in [6.45, 7) is 4.88. The molecule has 0 saturated carbocycles. The first-order valence-electron chi connectivity index (χ1n) is 10.9. The third-order valence-corrected chi connectivity index (χ3v) is 6.59. The highest BCUT2D eigenvalue weighted by Gasteiger charge is 2.26. The topological polar surface area (TPSA) is 66.5 Å². The number of carbonyl (C=O) groups excluding carboxylic acids is 1. The average molecular weight is 463 g/mol. The van der Waals surface area contributed by atoms with Gasteiger partial charge in [-0.25, -0.2) is 4.98 Å². The van der Waals surface area contributed by atoms with E-state index in [1.165, 1.54) is 6.20 Å². The molecular weight excluding hydrogens is 435 g/mol. The molecule has 2 N–H and O–H groups in total. The van der Waals surface area contributed by atoms with Crippen LogP contribution in [0.5, 0.6) is 0 Å². The highest BCUT2D eigenvalue weighted by molar-refractivity contribution is 6.31. The summed E-state index contributed by atoms with van der Waals surface area (Å²) in [5.41, 5.74) is 1.28. The molecule has 6 nitrogen and oxygen atoms in total. The fourth-order valence-electron chi connectivity index (χ4n) is 4.32. The predicted octanol–water partition coefficient (Wildman–Crippen LogP) is 4.94. The van der Waals surface area contributed by atoms with Crippen molar-refractivity contribution in [3.05, 3.63) is 52.1 Å². The summed E-state index contributed by atoms with van der Waals surface area (Å²) in [6.07, 6.45) is 6.12. The number of hydrogen-bond acceptors (Lipinski definition) is 5. The van der Waals surface area contributed by atoms with E-state index in [-0.39, 0.29) is 5.91 Å². The van der Waals surface area contributed by atoms with E-state index in [1.807, 2.05) is 6.07 Å². The number of halogens is 2. The van der Waals surface area contributed by atoms with E-state index < -0.39 is 0 Å². The summed E-state index contributed by atoms with van der Waals surface area (Å²) in [4.78, 5) is 19.6. The first-order valence-corrected chi connectivity index (χ1v) is 11.6. The van der Waals surface area contributed by atoms with Crippen molar-refractivity contribution in [2.75, 3.05) is 43.5 Å². The zero-order valence-corrected chi connectivity index (χ0v) is 19.0. The molecule has 1 aromatic carbocycles. The third-order valence-electron chi connectivity index (χ3n) is 6.13. The summed E-state index contributed by atoms with van der Waals surface area (Å²) in [5, 5.41) is 7.33. The predicted molar refractivity (Wildman–Crippen MR) is 125 cm³/mol. The number of benzene rings is 1. The van der Waals surface area contributed by atoms with Gasteiger partial charge < -0.3 is 20.3 Å². The number of likely N-dealkylation sites (tertiary alicyclic amines) is 1. The smallest absolute Gasteiger partial charge is 0.258 e. The van der Waals surface area contributed by atoms with E-state index in [9.17, 15) is 4.79 Å². The largest absolute Gasteiger partial charge is 0.384 e. The van der Waals surface area contributed by atoms with Crippen LogP contribution in [0.1, 0.15) is 36.0 Å². The lowest BCUT2D eigenvalue weighted by Crippen LogP contribution is -2.44. The van der Waals surface area contributed by atoms with Crippen LogP contribution in [0.2, 0.25) is 10.0 Å². The van der Waals surface area contributed by atoms with Gasteiger partial charge in [0, 0.05) is 42.7 Å². The lowest BCUT2D eigenvalue weighted by atomic mass is 9.94. The van der Waals surface area contributed by atoms with Crippen LogP contribution in [-0.2, 0) is 4.74 Å². The maximum atomic E-state index is 12.8. The summed E-state index contributed by atoms with van der Waals surface area (Å²) in [5.74, 6) is 0.774. The number of carbonyl (C=O) groups is 1. The van der Waals surface area contributed by atoms with Crippen molar-refractivity contribution in [1.82, 2.24) is 9.88 Å². The highest BCUT2D eigenvalue weighted by Crippen LogP contribution is 2.26. The second-order valence-corrected chi connectivity index (χ2v) is 9.08. The lowest BCUT2D eigenvalue weighted by Gasteiger charge is -2.39. The zero-order chi connectivity index (χ0) is 21.6. The van der Waals surface area contributed by atoms with E-state index in [0.29, 0.717) is 33.4 Å². The fraction of sp³-hybridized carbons (Fsp3) is 0.478. The van der Waals surface area contributed by atoms with Gasteiger partial charge in [0.15, 0.2) is 0 Å². The molecule has 0 atom stereocenters. The van der Waals surface area contributed by atoms with Gasteiger partial charge in [0.05, 0.1) is 10.6 Å². The Morgan fingerprint density at radius 1 is 1.06 bits per heavy atom. The molecule has 0 radical (unpaired) electrons. The summed E-state index contributed by atoms with van der Waals surface area (Å²) < 4.78 is 5.49. The van der Waals surface area contributed by atoms with Crippen LogP contribution in [0.15, 0.2) is 36.5 Å². The van der Waals surface area contributed by atoms with Gasteiger partial charge in [0.2, 0.25) is 0 Å². The summed E-state index contributed by atoms with van der Waals surface area (Å²) in [6, 6.07) is 9.38. The number of piperidine rings is 1. The van der Waals surface area contributed by atoms with Gasteiger partial charge in [-0.2, -0.15) is 0 Å². The molecular formula is C23H28Cl2N4O2. The minimum absolute atomic E-state index is 0.255. The number of hydrogen-bond donors (Lipinski definition) is 2. The molecule has 2 aromatic rings. The van der Waals surface area contributed by atoms with Crippen molar-refractivity contribution >= 4 is 40.6 Å². The average Bonchev–Trinajstić information content (AvgIpc) is 2.80. The Hall–Kier alpha value is -1.86. The molecule has 3 heterocycles. The monoisotopic (exact) mass is 462 g/mol. The van der Waals surface area contributed by atoms with Crippen molar-refractivity contribution in [2.45, 2.75) is 31.7 Å². The van der Waals surface area contributed by atoms with Gasteiger partial charge in [-0.1, -0.05) is 23.2 Å². The molecule has 1 amide bonds. The van der Waals surface area contributed by atoms with Gasteiger partial charge in [0.25, 0.3) is 5.91 Å². The summed E-state index contributed by atoms with van der Waals surface area (Å²) >= 11 is 12.0. The van der Waals surface area contributed by atoms with Crippen LogP contribution in [0.4, 0.5) is 11.5 Å². The summed E-state index contributed by atoms with van der Waals surface area (Å²) in [7, 11) is 0. The second-order valence-electron chi connectivity index (χ2n) is 8.21.